The van der Waals surface area contributed by atoms with E-state index < -0.39 is 0 Å². The highest BCUT2D eigenvalue weighted by molar-refractivity contribution is 6.11. The lowest BCUT2D eigenvalue weighted by molar-refractivity contribution is 0.0930. The van der Waals surface area contributed by atoms with Crippen LogP contribution in [0.3, 0.4) is 0 Å². The molecule has 0 spiro atoms. The molecule has 2 aromatic carbocycles. The molecule has 1 aliphatic heterocycles. The molecule has 1 N–H and O–H groups in total. The number of nitrogens with one attached hydrogen (secondary N) is 1. The largest absolute Gasteiger partial charge is 0.497 e. The van der Waals surface area contributed by atoms with Crippen molar-refractivity contribution < 1.29 is 19.0 Å². The van der Waals surface area contributed by atoms with Gasteiger partial charge in [-0.3, -0.25) is 4.79 Å². The molecule has 6 heteroatoms. The van der Waals surface area contributed by atoms with Crippen molar-refractivity contribution in [3.05, 3.63) is 42.1 Å². The first-order valence-corrected chi connectivity index (χ1v) is 8.38. The second kappa shape index (κ2) is 6.29. The van der Waals surface area contributed by atoms with E-state index in [1.54, 1.807) is 21.3 Å². The third kappa shape index (κ3) is 2.37. The molecule has 4 rings (SSSR count). The van der Waals surface area contributed by atoms with Crippen LogP contribution in [0.15, 0.2) is 36.4 Å². The Balaban J connectivity index is 2.06. The number of carbonyl (C=O) groups is 1. The quantitative estimate of drug-likeness (QED) is 0.784. The third-order valence-corrected chi connectivity index (χ3v) is 4.78. The molecule has 0 bridgehead atoms. The molecule has 1 aromatic heterocycles. The molecular formula is C20H20N2O4. The number of nitrogens with zero attached hydrogens (tertiary/aromatic N) is 1. The van der Waals surface area contributed by atoms with E-state index in [1.165, 1.54) is 0 Å². The van der Waals surface area contributed by atoms with Gasteiger partial charge in [-0.1, -0.05) is 12.1 Å². The van der Waals surface area contributed by atoms with E-state index in [2.05, 4.69) is 9.88 Å². The van der Waals surface area contributed by atoms with Crippen LogP contribution in [0.4, 0.5) is 0 Å². The summed E-state index contributed by atoms with van der Waals surface area (Å²) in [5.41, 5.74) is 3.46. The Kier molecular flexibility index (Phi) is 3.95. The number of methoxy groups -OCH3 is 3. The Bertz CT molecular complexity index is 989. The van der Waals surface area contributed by atoms with Crippen LogP contribution in [-0.4, -0.2) is 38.3 Å². The van der Waals surface area contributed by atoms with Gasteiger partial charge in [-0.2, -0.15) is 0 Å². The zero-order valence-electron chi connectivity index (χ0n) is 15.0. The predicted molar refractivity (Wildman–Crippen MR) is 99.4 cm³/mol. The highest BCUT2D eigenvalue weighted by Gasteiger charge is 2.27. The van der Waals surface area contributed by atoms with Crippen LogP contribution in [0.2, 0.25) is 0 Å². The molecule has 0 saturated heterocycles. The minimum atomic E-state index is -0.0730. The maximum Gasteiger partial charge on any atom is 0.268 e. The van der Waals surface area contributed by atoms with E-state index >= 15 is 0 Å². The van der Waals surface area contributed by atoms with Crippen molar-refractivity contribution >= 4 is 16.8 Å². The van der Waals surface area contributed by atoms with E-state index in [-0.39, 0.29) is 5.91 Å². The van der Waals surface area contributed by atoms with Crippen LogP contribution in [0, 0.1) is 0 Å². The highest BCUT2D eigenvalue weighted by Crippen LogP contribution is 2.41. The SMILES string of the molecule is COc1ccc(-c2c3n(c4cc(OC)c(OC)cc24)CCNC3=O)cc1. The number of carbonyl (C=O) groups excluding carboxylic acids is 1. The standard InChI is InChI=1S/C20H20N2O4/c1-24-13-6-4-12(5-7-13)18-14-10-16(25-2)17(26-3)11-15(14)22-9-8-21-20(23)19(18)22/h4-7,10-11H,8-9H2,1-3H3,(H,21,23). The summed E-state index contributed by atoms with van der Waals surface area (Å²) < 4.78 is 18.2. The third-order valence-electron chi connectivity index (χ3n) is 4.78. The summed E-state index contributed by atoms with van der Waals surface area (Å²) in [4.78, 5) is 12.7. The zero-order chi connectivity index (χ0) is 18.3. The minimum absolute atomic E-state index is 0.0730. The molecule has 1 amide bonds. The van der Waals surface area contributed by atoms with Crippen LogP contribution >= 0.6 is 0 Å². The van der Waals surface area contributed by atoms with E-state index in [0.717, 1.165) is 27.8 Å². The summed E-state index contributed by atoms with van der Waals surface area (Å²) in [5.74, 6) is 1.98. The van der Waals surface area contributed by atoms with Gasteiger partial charge in [-0.15, -0.1) is 0 Å². The van der Waals surface area contributed by atoms with Gasteiger partial charge in [0, 0.05) is 30.1 Å². The second-order valence-electron chi connectivity index (χ2n) is 6.08. The summed E-state index contributed by atoms with van der Waals surface area (Å²) in [6.07, 6.45) is 0. The number of rotatable bonds is 4. The molecule has 26 heavy (non-hydrogen) atoms. The Morgan fingerprint density at radius 2 is 1.65 bits per heavy atom. The lowest BCUT2D eigenvalue weighted by Crippen LogP contribution is -2.35. The molecular weight excluding hydrogens is 332 g/mol. The summed E-state index contributed by atoms with van der Waals surface area (Å²) in [6.45, 7) is 1.31. The van der Waals surface area contributed by atoms with Gasteiger partial charge >= 0.3 is 0 Å². The average molecular weight is 352 g/mol. The van der Waals surface area contributed by atoms with E-state index in [4.69, 9.17) is 14.2 Å². The van der Waals surface area contributed by atoms with Gasteiger partial charge in [0.2, 0.25) is 0 Å². The molecule has 3 aromatic rings. The number of hydrogen-bond donors (Lipinski definition) is 1. The van der Waals surface area contributed by atoms with Gasteiger partial charge in [-0.05, 0) is 23.8 Å². The van der Waals surface area contributed by atoms with Crippen LogP contribution in [0.1, 0.15) is 10.5 Å². The predicted octanol–water partition coefficient (Wildman–Crippen LogP) is 3.08. The van der Waals surface area contributed by atoms with Crippen molar-refractivity contribution in [1.29, 1.82) is 0 Å². The maximum absolute atomic E-state index is 12.7. The lowest BCUT2D eigenvalue weighted by Gasteiger charge is -2.18. The molecule has 1 aliphatic rings. The molecule has 134 valence electrons. The van der Waals surface area contributed by atoms with Crippen molar-refractivity contribution in [1.82, 2.24) is 9.88 Å². The van der Waals surface area contributed by atoms with Crippen molar-refractivity contribution in [3.63, 3.8) is 0 Å². The van der Waals surface area contributed by atoms with Crippen molar-refractivity contribution in [2.75, 3.05) is 27.9 Å². The van der Waals surface area contributed by atoms with Crippen LogP contribution in [0.25, 0.3) is 22.0 Å². The van der Waals surface area contributed by atoms with Gasteiger partial charge < -0.3 is 24.1 Å². The average Bonchev–Trinajstić information content (AvgIpc) is 3.01. The number of benzene rings is 2. The smallest absolute Gasteiger partial charge is 0.268 e. The van der Waals surface area contributed by atoms with Crippen LogP contribution in [0.5, 0.6) is 17.2 Å². The van der Waals surface area contributed by atoms with Crippen molar-refractivity contribution in [3.8, 4) is 28.4 Å². The number of ether oxygens (including phenoxy) is 3. The molecule has 0 aliphatic carbocycles. The monoisotopic (exact) mass is 352 g/mol. The second-order valence-corrected chi connectivity index (χ2v) is 6.08. The number of hydrogen-bond acceptors (Lipinski definition) is 4. The van der Waals surface area contributed by atoms with Gasteiger partial charge in [0.25, 0.3) is 5.91 Å². The van der Waals surface area contributed by atoms with Gasteiger partial charge in [-0.25, -0.2) is 0 Å². The fourth-order valence-electron chi connectivity index (χ4n) is 3.56. The molecule has 6 nitrogen and oxygen atoms in total. The lowest BCUT2D eigenvalue weighted by atomic mass is 10.0. The Labute approximate surface area is 151 Å². The Hall–Kier alpha value is -3.15. The van der Waals surface area contributed by atoms with Crippen LogP contribution in [-0.2, 0) is 6.54 Å². The minimum Gasteiger partial charge on any atom is -0.497 e. The van der Waals surface area contributed by atoms with E-state index in [0.29, 0.717) is 30.3 Å². The topological polar surface area (TPSA) is 61.7 Å². The normalized spacial score (nSPS) is 13.3. The first kappa shape index (κ1) is 16.3. The number of fused-ring (bicyclic) bond motifs is 3. The molecule has 2 heterocycles. The zero-order valence-corrected chi connectivity index (χ0v) is 15.0. The molecule has 0 radical (unpaired) electrons. The van der Waals surface area contributed by atoms with Crippen LogP contribution < -0.4 is 19.5 Å². The fraction of sp³-hybridized carbons (Fsp3) is 0.250. The van der Waals surface area contributed by atoms with Crippen molar-refractivity contribution in [2.24, 2.45) is 0 Å². The molecule has 0 fully saturated rings. The molecule has 0 unspecified atom stereocenters. The summed E-state index contributed by atoms with van der Waals surface area (Å²) in [7, 11) is 4.86. The van der Waals surface area contributed by atoms with Gasteiger partial charge in [0.15, 0.2) is 11.5 Å². The summed E-state index contributed by atoms with van der Waals surface area (Å²) in [6, 6.07) is 11.6. The number of aromatic nitrogens is 1. The van der Waals surface area contributed by atoms with Crippen molar-refractivity contribution in [2.45, 2.75) is 6.54 Å². The molecule has 0 saturated carbocycles. The summed E-state index contributed by atoms with van der Waals surface area (Å²) >= 11 is 0. The van der Waals surface area contributed by atoms with E-state index in [1.807, 2.05) is 36.4 Å². The fourth-order valence-corrected chi connectivity index (χ4v) is 3.56. The van der Waals surface area contributed by atoms with E-state index in [9.17, 15) is 4.79 Å². The summed E-state index contributed by atoms with van der Waals surface area (Å²) in [5, 5.41) is 3.90. The first-order valence-electron chi connectivity index (χ1n) is 8.38. The number of amides is 1. The van der Waals surface area contributed by atoms with Gasteiger partial charge in [0.05, 0.1) is 26.8 Å². The Morgan fingerprint density at radius 1 is 0.962 bits per heavy atom. The first-order chi connectivity index (χ1) is 12.7. The maximum atomic E-state index is 12.7. The Morgan fingerprint density at radius 3 is 2.31 bits per heavy atom. The van der Waals surface area contributed by atoms with Gasteiger partial charge in [0.1, 0.15) is 11.4 Å². The highest BCUT2D eigenvalue weighted by atomic mass is 16.5. The molecule has 0 atom stereocenters.